The van der Waals surface area contributed by atoms with E-state index in [1.807, 2.05) is 13.0 Å². The van der Waals surface area contributed by atoms with Crippen LogP contribution in [0.1, 0.15) is 36.7 Å². The summed E-state index contributed by atoms with van der Waals surface area (Å²) in [5.74, 6) is -0.0356. The maximum Gasteiger partial charge on any atom is 0.313 e. The minimum Gasteiger partial charge on any atom is -0.481 e. The summed E-state index contributed by atoms with van der Waals surface area (Å²) in [5.41, 5.74) is 0.760. The van der Waals surface area contributed by atoms with Gasteiger partial charge in [0.2, 0.25) is 5.75 Å². The molecule has 0 saturated carbocycles. The summed E-state index contributed by atoms with van der Waals surface area (Å²) in [6, 6.07) is 13.5. The number of rotatable bonds is 9. The number of benzene rings is 3. The van der Waals surface area contributed by atoms with Gasteiger partial charge < -0.3 is 4.74 Å². The molecule has 3 aromatic carbocycles. The number of unbranched alkanes of at least 4 members (excludes halogenated alkanes) is 1. The van der Waals surface area contributed by atoms with Gasteiger partial charge in [0.15, 0.2) is 0 Å². The predicted octanol–water partition coefficient (Wildman–Crippen LogP) is 6.66. The fourth-order valence-corrected chi connectivity index (χ4v) is 4.26. The van der Waals surface area contributed by atoms with Crippen LogP contribution in [0, 0.1) is 15.9 Å². The minimum atomic E-state index is -0.614. The molecule has 8 nitrogen and oxygen atoms in total. The van der Waals surface area contributed by atoms with Gasteiger partial charge in [-0.05, 0) is 48.4 Å². The number of nitro benzene ring substituents is 1. The van der Waals surface area contributed by atoms with Gasteiger partial charge in [-0.1, -0.05) is 53.0 Å². The second-order valence-electron chi connectivity index (χ2n) is 8.18. The molecule has 1 heterocycles. The first-order valence-electron chi connectivity index (χ1n) is 11.4. The molecule has 0 fully saturated rings. The number of hydrogen-bond donors (Lipinski definition) is 0. The van der Waals surface area contributed by atoms with Gasteiger partial charge in [0.05, 0.1) is 27.1 Å². The Morgan fingerprint density at radius 2 is 1.97 bits per heavy atom. The number of ether oxygens (including phenoxy) is 1. The van der Waals surface area contributed by atoms with Crippen LogP contribution >= 0.6 is 27.5 Å². The van der Waals surface area contributed by atoms with Crippen molar-refractivity contribution < 1.29 is 14.1 Å². The van der Waals surface area contributed by atoms with Gasteiger partial charge in [-0.3, -0.25) is 14.9 Å². The van der Waals surface area contributed by atoms with Crippen molar-refractivity contribution >= 4 is 50.3 Å². The van der Waals surface area contributed by atoms with E-state index >= 15 is 0 Å². The summed E-state index contributed by atoms with van der Waals surface area (Å²) in [7, 11) is 0. The molecule has 0 saturated heterocycles. The maximum absolute atomic E-state index is 13.2. The average molecular weight is 588 g/mol. The van der Waals surface area contributed by atoms with E-state index in [4.69, 9.17) is 16.3 Å². The van der Waals surface area contributed by atoms with Crippen molar-refractivity contribution in [3.05, 3.63) is 107 Å². The molecule has 0 aliphatic heterocycles. The number of nitro groups is 1. The molecule has 190 valence electrons. The normalized spacial score (nSPS) is 11.4. The monoisotopic (exact) mass is 586 g/mol. The lowest BCUT2D eigenvalue weighted by Crippen LogP contribution is -2.22. The Kier molecular flexibility index (Phi) is 8.30. The number of aromatic nitrogens is 2. The molecule has 37 heavy (non-hydrogen) atoms. The Morgan fingerprint density at radius 3 is 2.68 bits per heavy atom. The van der Waals surface area contributed by atoms with Crippen molar-refractivity contribution in [1.29, 1.82) is 0 Å². The summed E-state index contributed by atoms with van der Waals surface area (Å²) in [6.07, 6.45) is 3.57. The molecule has 0 atom stereocenters. The molecule has 1 aromatic heterocycles. The van der Waals surface area contributed by atoms with Crippen molar-refractivity contribution in [2.24, 2.45) is 5.10 Å². The summed E-state index contributed by atoms with van der Waals surface area (Å²) in [4.78, 5) is 29.0. The number of fused-ring (bicyclic) bond motifs is 1. The van der Waals surface area contributed by atoms with E-state index in [9.17, 15) is 19.3 Å². The van der Waals surface area contributed by atoms with E-state index in [-0.39, 0.29) is 28.6 Å². The fraction of sp³-hybridized carbons (Fsp3) is 0.192. The molecule has 0 unspecified atom stereocenters. The van der Waals surface area contributed by atoms with Crippen molar-refractivity contribution in [2.75, 3.05) is 0 Å². The van der Waals surface area contributed by atoms with Gasteiger partial charge in [0.1, 0.15) is 18.2 Å². The molecule has 0 spiro atoms. The van der Waals surface area contributed by atoms with E-state index in [1.165, 1.54) is 47.3 Å². The van der Waals surface area contributed by atoms with Gasteiger partial charge in [-0.25, -0.2) is 9.37 Å². The highest BCUT2D eigenvalue weighted by atomic mass is 79.9. The molecule has 0 N–H and O–H groups in total. The van der Waals surface area contributed by atoms with Crippen molar-refractivity contribution in [1.82, 2.24) is 9.66 Å². The summed E-state index contributed by atoms with van der Waals surface area (Å²) >= 11 is 9.71. The molecular weight excluding hydrogens is 567 g/mol. The standard InChI is InChI=1S/C26H21BrClFN4O4/c1-2-3-4-24-31-22-10-7-18(27)13-20(22)26(34)32(24)30-14-17-11-21(28)25(23(12-17)33(35)36)37-15-16-5-8-19(29)9-6-16/h5-14H,2-4,15H2,1H3. The Morgan fingerprint density at radius 1 is 1.22 bits per heavy atom. The zero-order chi connectivity index (χ0) is 26.5. The average Bonchev–Trinajstić information content (AvgIpc) is 2.87. The van der Waals surface area contributed by atoms with Crippen LogP contribution in [-0.4, -0.2) is 20.8 Å². The highest BCUT2D eigenvalue weighted by Gasteiger charge is 2.21. The minimum absolute atomic E-state index is 0.00289. The van der Waals surface area contributed by atoms with E-state index < -0.39 is 10.7 Å². The predicted molar refractivity (Wildman–Crippen MR) is 144 cm³/mol. The number of hydrogen-bond acceptors (Lipinski definition) is 6. The number of aryl methyl sites for hydroxylation is 1. The van der Waals surface area contributed by atoms with Crippen LogP contribution in [0.3, 0.4) is 0 Å². The molecule has 0 radical (unpaired) electrons. The lowest BCUT2D eigenvalue weighted by atomic mass is 10.2. The van der Waals surface area contributed by atoms with Crippen molar-refractivity contribution in [2.45, 2.75) is 32.8 Å². The smallest absolute Gasteiger partial charge is 0.313 e. The van der Waals surface area contributed by atoms with Crippen LogP contribution in [0.15, 0.2) is 69.0 Å². The molecule has 0 aliphatic rings. The largest absolute Gasteiger partial charge is 0.481 e. The first-order valence-corrected chi connectivity index (χ1v) is 12.5. The maximum atomic E-state index is 13.2. The lowest BCUT2D eigenvalue weighted by Gasteiger charge is -2.10. The third-order valence-electron chi connectivity index (χ3n) is 5.49. The highest BCUT2D eigenvalue weighted by molar-refractivity contribution is 9.10. The summed E-state index contributed by atoms with van der Waals surface area (Å²) in [5, 5.41) is 16.5. The number of nitrogens with zero attached hydrogens (tertiary/aromatic N) is 4. The van der Waals surface area contributed by atoms with Gasteiger partial charge in [-0.15, -0.1) is 0 Å². The fourth-order valence-electron chi connectivity index (χ4n) is 3.62. The third kappa shape index (κ3) is 6.20. The van der Waals surface area contributed by atoms with Crippen LogP contribution in [0.2, 0.25) is 5.02 Å². The number of halogens is 3. The molecule has 11 heteroatoms. The van der Waals surface area contributed by atoms with Gasteiger partial charge in [0, 0.05) is 22.5 Å². The van der Waals surface area contributed by atoms with Crippen molar-refractivity contribution in [3.63, 3.8) is 0 Å². The molecule has 4 aromatic rings. The van der Waals surface area contributed by atoms with Crippen LogP contribution < -0.4 is 10.3 Å². The van der Waals surface area contributed by atoms with E-state index in [1.54, 1.807) is 12.1 Å². The first kappa shape index (κ1) is 26.4. The molecule has 0 bridgehead atoms. The van der Waals surface area contributed by atoms with E-state index in [0.717, 1.165) is 17.3 Å². The van der Waals surface area contributed by atoms with E-state index in [0.29, 0.717) is 34.3 Å². The Bertz CT molecular complexity index is 1560. The Labute approximate surface area is 224 Å². The second kappa shape index (κ2) is 11.6. The van der Waals surface area contributed by atoms with Gasteiger partial charge in [0.25, 0.3) is 5.56 Å². The molecule has 0 aliphatic carbocycles. The molecule has 0 amide bonds. The lowest BCUT2D eigenvalue weighted by molar-refractivity contribution is -0.385. The Balaban J connectivity index is 1.70. The van der Waals surface area contributed by atoms with Crippen LogP contribution in [0.25, 0.3) is 10.9 Å². The SMILES string of the molecule is CCCCc1nc2ccc(Br)cc2c(=O)n1N=Cc1cc(Cl)c(OCc2ccc(F)cc2)c([N+](=O)[O-])c1. The van der Waals surface area contributed by atoms with Gasteiger partial charge in [-0.2, -0.15) is 9.78 Å². The molecule has 4 rings (SSSR count). The molecular formula is C26H21BrClFN4O4. The highest BCUT2D eigenvalue weighted by Crippen LogP contribution is 2.36. The zero-order valence-electron chi connectivity index (χ0n) is 19.7. The van der Waals surface area contributed by atoms with Crippen LogP contribution in [0.4, 0.5) is 10.1 Å². The van der Waals surface area contributed by atoms with Crippen molar-refractivity contribution in [3.8, 4) is 5.75 Å². The van der Waals surface area contributed by atoms with Gasteiger partial charge >= 0.3 is 5.69 Å². The third-order valence-corrected chi connectivity index (χ3v) is 6.27. The van der Waals surface area contributed by atoms with E-state index in [2.05, 4.69) is 26.0 Å². The summed E-state index contributed by atoms with van der Waals surface area (Å²) < 4.78 is 20.7. The van der Waals surface area contributed by atoms with Crippen LogP contribution in [-0.2, 0) is 13.0 Å². The summed E-state index contributed by atoms with van der Waals surface area (Å²) in [6.45, 7) is 1.99. The first-order chi connectivity index (χ1) is 17.8. The van der Waals surface area contributed by atoms with Crippen LogP contribution in [0.5, 0.6) is 5.75 Å². The second-order valence-corrected chi connectivity index (χ2v) is 9.50. The Hall–Kier alpha value is -3.63. The topological polar surface area (TPSA) is 99.6 Å². The zero-order valence-corrected chi connectivity index (χ0v) is 22.0. The quantitative estimate of drug-likeness (QED) is 0.124.